The van der Waals surface area contributed by atoms with Gasteiger partial charge in [-0.1, -0.05) is 149 Å². The highest BCUT2D eigenvalue weighted by atomic mass is 14.1. The lowest BCUT2D eigenvalue weighted by Crippen LogP contribution is -1.95. The van der Waals surface area contributed by atoms with Gasteiger partial charge in [0.05, 0.1) is 0 Å². The molecule has 0 unspecified atom stereocenters. The van der Waals surface area contributed by atoms with Crippen LogP contribution >= 0.6 is 0 Å². The summed E-state index contributed by atoms with van der Waals surface area (Å²) < 4.78 is 0. The molecular formula is C50H68. The zero-order chi connectivity index (χ0) is 36.5. The van der Waals surface area contributed by atoms with Gasteiger partial charge >= 0.3 is 0 Å². The molecule has 4 rings (SSSR count). The van der Waals surface area contributed by atoms with Crippen molar-refractivity contribution in [2.75, 3.05) is 0 Å². The van der Waals surface area contributed by atoms with Gasteiger partial charge in [-0.3, -0.25) is 0 Å². The topological polar surface area (TPSA) is 0 Å². The second-order valence-corrected chi connectivity index (χ2v) is 14.8. The van der Waals surface area contributed by atoms with E-state index in [1.165, 1.54) is 155 Å². The van der Waals surface area contributed by atoms with Crippen LogP contribution in [-0.2, 0) is 25.7 Å². The first kappa shape index (κ1) is 40.8. The van der Waals surface area contributed by atoms with Crippen molar-refractivity contribution in [2.45, 2.75) is 146 Å². The number of hydrogen-bond acceptors (Lipinski definition) is 0. The average Bonchev–Trinajstić information content (AvgIpc) is 3.10. The molecule has 0 aliphatic heterocycles. The van der Waals surface area contributed by atoms with E-state index in [0.717, 1.165) is 0 Å². The van der Waals surface area contributed by atoms with Gasteiger partial charge in [0, 0.05) is 0 Å². The van der Waals surface area contributed by atoms with Gasteiger partial charge in [0.25, 0.3) is 0 Å². The molecule has 0 aliphatic rings. The fourth-order valence-electron chi connectivity index (χ4n) is 6.60. The summed E-state index contributed by atoms with van der Waals surface area (Å²) in [7, 11) is 0. The van der Waals surface area contributed by atoms with E-state index in [1.807, 2.05) is 0 Å². The standard InChI is InChI=1S/C26H36.C24H32/c1-7-9-11-23-15-19(3)21(5)17-25(23)13-14-26-18-22(6)20(4)16-24(26)12-10-8-2;1-5-7-9-23-17-19(3)11-13-21(23)15-16-22-14-12-20(4)18-24(22)10-8-6-2/h13-18H,7-12H2,1-6H3;11-18H,5-10H2,1-4H3/b14-13+;16-15+. The Bertz CT molecular complexity index is 1570. The molecule has 50 heavy (non-hydrogen) atoms. The number of hydrogen-bond donors (Lipinski definition) is 0. The Morgan fingerprint density at radius 3 is 0.940 bits per heavy atom. The van der Waals surface area contributed by atoms with E-state index in [0.29, 0.717) is 0 Å². The van der Waals surface area contributed by atoms with Crippen molar-refractivity contribution in [1.29, 1.82) is 0 Å². The average molecular weight is 669 g/mol. The van der Waals surface area contributed by atoms with Crippen molar-refractivity contribution in [2.24, 2.45) is 0 Å². The SMILES string of the molecule is CCCCc1cc(C)c(C)cc1/C=C/c1cc(C)c(C)cc1CCCC.CCCCc1cc(C)ccc1/C=C/c1ccc(C)cc1CCCC. The van der Waals surface area contributed by atoms with Gasteiger partial charge in [-0.05, 0) is 160 Å². The predicted molar refractivity (Wildman–Crippen MR) is 226 cm³/mol. The lowest BCUT2D eigenvalue weighted by Gasteiger charge is -2.12. The van der Waals surface area contributed by atoms with Gasteiger partial charge in [-0.2, -0.15) is 0 Å². The Balaban J connectivity index is 0.000000271. The van der Waals surface area contributed by atoms with Gasteiger partial charge in [-0.25, -0.2) is 0 Å². The van der Waals surface area contributed by atoms with Gasteiger partial charge in [0.15, 0.2) is 0 Å². The van der Waals surface area contributed by atoms with E-state index in [-0.39, 0.29) is 0 Å². The Morgan fingerprint density at radius 2 is 0.620 bits per heavy atom. The maximum atomic E-state index is 2.39. The normalized spacial score (nSPS) is 11.4. The van der Waals surface area contributed by atoms with Gasteiger partial charge in [0.1, 0.15) is 0 Å². The maximum Gasteiger partial charge on any atom is -0.0221 e. The first-order chi connectivity index (χ1) is 24.1. The van der Waals surface area contributed by atoms with Crippen LogP contribution in [0.25, 0.3) is 24.3 Å². The molecule has 0 bridgehead atoms. The first-order valence-corrected chi connectivity index (χ1v) is 19.8. The minimum atomic E-state index is 1.17. The van der Waals surface area contributed by atoms with Crippen LogP contribution in [0, 0.1) is 41.5 Å². The number of unbranched alkanes of at least 4 members (excludes halogenated alkanes) is 4. The molecule has 0 aliphatic carbocycles. The smallest absolute Gasteiger partial charge is 0.0221 e. The molecular weight excluding hydrogens is 601 g/mol. The third kappa shape index (κ3) is 12.9. The molecule has 0 heterocycles. The minimum absolute atomic E-state index is 1.17. The second kappa shape index (κ2) is 21.5. The lowest BCUT2D eigenvalue weighted by atomic mass is 9.93. The van der Waals surface area contributed by atoms with Crippen molar-refractivity contribution in [3.63, 3.8) is 0 Å². The van der Waals surface area contributed by atoms with Crippen molar-refractivity contribution >= 4 is 24.3 Å². The van der Waals surface area contributed by atoms with Crippen LogP contribution in [0.5, 0.6) is 0 Å². The molecule has 0 fully saturated rings. The molecule has 0 atom stereocenters. The summed E-state index contributed by atoms with van der Waals surface area (Å²) in [5.41, 5.74) is 19.8. The summed E-state index contributed by atoms with van der Waals surface area (Å²) in [6, 6.07) is 23.2. The molecule has 4 aromatic rings. The number of rotatable bonds is 16. The second-order valence-electron chi connectivity index (χ2n) is 14.8. The van der Waals surface area contributed by atoms with Crippen LogP contribution in [0.4, 0.5) is 0 Å². The zero-order valence-electron chi connectivity index (χ0n) is 33.6. The first-order valence-electron chi connectivity index (χ1n) is 19.8. The van der Waals surface area contributed by atoms with Crippen molar-refractivity contribution in [1.82, 2.24) is 0 Å². The third-order valence-electron chi connectivity index (χ3n) is 10.2. The molecule has 0 N–H and O–H groups in total. The van der Waals surface area contributed by atoms with Crippen LogP contribution in [0.2, 0.25) is 0 Å². The summed E-state index contributed by atoms with van der Waals surface area (Å²) in [5.74, 6) is 0. The van der Waals surface area contributed by atoms with E-state index in [2.05, 4.69) is 154 Å². The van der Waals surface area contributed by atoms with E-state index < -0.39 is 0 Å². The van der Waals surface area contributed by atoms with Crippen molar-refractivity contribution in [3.8, 4) is 0 Å². The summed E-state index contributed by atoms with van der Waals surface area (Å²) in [4.78, 5) is 0. The number of aryl methyl sites for hydroxylation is 10. The van der Waals surface area contributed by atoms with Gasteiger partial charge in [0.2, 0.25) is 0 Å². The summed E-state index contributed by atoms with van der Waals surface area (Å²) in [6.07, 6.45) is 24.0. The van der Waals surface area contributed by atoms with Gasteiger partial charge in [-0.15, -0.1) is 0 Å². The predicted octanol–water partition coefficient (Wildman–Crippen LogP) is 14.9. The van der Waals surface area contributed by atoms with Crippen LogP contribution in [0.1, 0.15) is 157 Å². The summed E-state index contributed by atoms with van der Waals surface area (Å²) in [6.45, 7) is 22.3. The molecule has 268 valence electrons. The Kier molecular flexibility index (Phi) is 17.6. The lowest BCUT2D eigenvalue weighted by molar-refractivity contribution is 0.792. The molecule has 0 saturated heterocycles. The molecule has 0 amide bonds. The van der Waals surface area contributed by atoms with E-state index in [9.17, 15) is 0 Å². The Hall–Kier alpha value is -3.64. The molecule has 0 aromatic heterocycles. The van der Waals surface area contributed by atoms with E-state index in [1.54, 1.807) is 0 Å². The van der Waals surface area contributed by atoms with Crippen LogP contribution in [-0.4, -0.2) is 0 Å². The summed E-state index contributed by atoms with van der Waals surface area (Å²) >= 11 is 0. The van der Waals surface area contributed by atoms with E-state index >= 15 is 0 Å². The maximum absolute atomic E-state index is 2.39. The van der Waals surface area contributed by atoms with Crippen molar-refractivity contribution in [3.05, 3.63) is 139 Å². The van der Waals surface area contributed by atoms with Crippen molar-refractivity contribution < 1.29 is 0 Å². The highest BCUT2D eigenvalue weighted by Crippen LogP contribution is 2.25. The molecule has 0 saturated carbocycles. The Morgan fingerprint density at radius 1 is 0.340 bits per heavy atom. The van der Waals surface area contributed by atoms with E-state index in [4.69, 9.17) is 0 Å². The highest BCUT2D eigenvalue weighted by Gasteiger charge is 2.07. The Labute approximate surface area is 308 Å². The monoisotopic (exact) mass is 669 g/mol. The fourth-order valence-corrected chi connectivity index (χ4v) is 6.60. The van der Waals surface area contributed by atoms with Crippen LogP contribution < -0.4 is 0 Å². The summed E-state index contributed by atoms with van der Waals surface area (Å²) in [5, 5.41) is 0. The van der Waals surface area contributed by atoms with Crippen LogP contribution in [0.3, 0.4) is 0 Å². The molecule has 0 heteroatoms. The largest absolute Gasteiger partial charge is 0.0654 e. The van der Waals surface area contributed by atoms with Crippen LogP contribution in [0.15, 0.2) is 60.7 Å². The highest BCUT2D eigenvalue weighted by molar-refractivity contribution is 5.74. The minimum Gasteiger partial charge on any atom is -0.0654 e. The third-order valence-corrected chi connectivity index (χ3v) is 10.2. The van der Waals surface area contributed by atoms with Gasteiger partial charge < -0.3 is 0 Å². The molecule has 0 nitrogen and oxygen atoms in total. The molecule has 0 radical (unpaired) electrons. The zero-order valence-corrected chi connectivity index (χ0v) is 33.6. The number of benzene rings is 4. The quantitative estimate of drug-likeness (QED) is 0.104. The molecule has 4 aromatic carbocycles. The molecule has 0 spiro atoms. The fraction of sp³-hybridized carbons (Fsp3) is 0.440.